The lowest BCUT2D eigenvalue weighted by Gasteiger charge is -2.52. The lowest BCUT2D eigenvalue weighted by atomic mass is 10.2. The molecule has 0 aromatic heterocycles. The Morgan fingerprint density at radius 3 is 2.36 bits per heavy atom. The number of thioether (sulfide) groups is 1. The molecule has 1 heterocycles. The van der Waals surface area contributed by atoms with Crippen molar-refractivity contribution in [3.63, 3.8) is 0 Å². The fraction of sp³-hybridized carbons (Fsp3) is 0.400. The van der Waals surface area contributed by atoms with E-state index in [1.54, 1.807) is 11.8 Å². The van der Waals surface area contributed by atoms with Crippen LogP contribution in [-0.2, 0) is 10.0 Å². The summed E-state index contributed by atoms with van der Waals surface area (Å²) < 4.78 is 22.5. The first kappa shape index (κ1) is 17.1. The van der Waals surface area contributed by atoms with E-state index in [1.807, 2.05) is 0 Å². The van der Waals surface area contributed by atoms with Crippen molar-refractivity contribution in [2.24, 2.45) is 5.14 Å². The monoisotopic (exact) mass is 349 g/mol. The number of primary sulfonamides is 1. The van der Waals surface area contributed by atoms with Gasteiger partial charge >= 0.3 is 5.69 Å². The number of rotatable bonds is 4. The molecule has 10 nitrogen and oxygen atoms in total. The van der Waals surface area contributed by atoms with Crippen LogP contribution in [0.4, 0.5) is 11.4 Å². The zero-order valence-corrected chi connectivity index (χ0v) is 12.9. The van der Waals surface area contributed by atoms with E-state index in [0.717, 1.165) is 17.1 Å². The molecule has 2 rings (SSSR count). The van der Waals surface area contributed by atoms with Crippen LogP contribution in [0.1, 0.15) is 0 Å². The summed E-state index contributed by atoms with van der Waals surface area (Å²) in [7, 11) is -4.18. The van der Waals surface area contributed by atoms with E-state index in [2.05, 4.69) is 0 Å². The molecule has 1 fully saturated rings. The molecule has 122 valence electrons. The highest BCUT2D eigenvalue weighted by Crippen LogP contribution is 2.36. The van der Waals surface area contributed by atoms with Gasteiger partial charge in [0.25, 0.3) is 0 Å². The summed E-state index contributed by atoms with van der Waals surface area (Å²) in [6.45, 7) is 0.373. The number of quaternary nitrogens is 1. The topological polar surface area (TPSA) is 153 Å². The number of nitrogens with two attached hydrogens (primary N) is 1. The fourth-order valence-electron chi connectivity index (χ4n) is 2.03. The normalized spacial score (nSPS) is 17.4. The van der Waals surface area contributed by atoms with Gasteiger partial charge in [0.1, 0.15) is 0 Å². The fourth-order valence-corrected chi connectivity index (χ4v) is 3.45. The Labute approximate surface area is 130 Å². The molecule has 1 aromatic carbocycles. The highest BCUT2D eigenvalue weighted by atomic mass is 32.2. The summed E-state index contributed by atoms with van der Waals surface area (Å²) in [4.78, 5) is 7.29. The summed E-state index contributed by atoms with van der Waals surface area (Å²) in [5, 5.41) is 41.7. The van der Waals surface area contributed by atoms with Crippen molar-refractivity contribution >= 4 is 33.2 Å². The maximum atomic E-state index is 12.4. The van der Waals surface area contributed by atoms with Crippen LogP contribution in [0, 0.1) is 20.5 Å². The average molecular weight is 349 g/mol. The third kappa shape index (κ3) is 3.38. The van der Waals surface area contributed by atoms with Crippen LogP contribution in [0.5, 0.6) is 0 Å². The molecule has 0 atom stereocenters. The van der Waals surface area contributed by atoms with Gasteiger partial charge < -0.3 is 10.4 Å². The van der Waals surface area contributed by atoms with Gasteiger partial charge in [-0.2, -0.15) is 11.8 Å². The number of nitrogens with zero attached hydrogens (tertiary/aromatic N) is 3. The first-order valence-electron chi connectivity index (χ1n) is 6.10. The van der Waals surface area contributed by atoms with Crippen LogP contribution >= 0.6 is 11.8 Å². The molecular weight excluding hydrogens is 336 g/mol. The van der Waals surface area contributed by atoms with Gasteiger partial charge in [-0.1, -0.05) is 0 Å². The Morgan fingerprint density at radius 1 is 1.27 bits per heavy atom. The smallest absolute Gasteiger partial charge is 0.333 e. The van der Waals surface area contributed by atoms with Gasteiger partial charge in [-0.05, 0) is 6.07 Å². The van der Waals surface area contributed by atoms with E-state index in [-0.39, 0.29) is 13.1 Å². The van der Waals surface area contributed by atoms with Crippen molar-refractivity contribution in [2.75, 3.05) is 24.6 Å². The lowest BCUT2D eigenvalue weighted by molar-refractivity contribution is -0.385. The molecule has 0 unspecified atom stereocenters. The second kappa shape index (κ2) is 6.08. The summed E-state index contributed by atoms with van der Waals surface area (Å²) >= 11 is 1.57. The molecular formula is C10H13N4O6S2-. The summed E-state index contributed by atoms with van der Waals surface area (Å²) in [6.07, 6.45) is 0. The van der Waals surface area contributed by atoms with Gasteiger partial charge in [0.15, 0.2) is 0 Å². The molecule has 1 saturated heterocycles. The van der Waals surface area contributed by atoms with Crippen LogP contribution in [0.2, 0.25) is 0 Å². The molecule has 1 aliphatic rings. The second-order valence-electron chi connectivity index (χ2n) is 4.54. The van der Waals surface area contributed by atoms with Crippen molar-refractivity contribution in [3.8, 4) is 0 Å². The molecule has 2 N–H and O–H groups in total. The first-order chi connectivity index (χ1) is 10.1. The van der Waals surface area contributed by atoms with Gasteiger partial charge in [0, 0.05) is 23.6 Å². The van der Waals surface area contributed by atoms with Crippen LogP contribution in [0.15, 0.2) is 23.1 Å². The predicted octanol–water partition coefficient (Wildman–Crippen LogP) is 0.509. The Balaban J connectivity index is 2.51. The number of nitro benzene ring substituents is 1. The summed E-state index contributed by atoms with van der Waals surface area (Å²) in [5.41, 5.74) is -1.54. The van der Waals surface area contributed by atoms with Gasteiger partial charge in [0.2, 0.25) is 15.7 Å². The minimum absolute atomic E-state index is 0.186. The third-order valence-corrected chi connectivity index (χ3v) is 4.99. The standard InChI is InChI=1S/C10H13N4O6S2/c11-22(19,20)8-1-2-10(9(7-8)13(15)16)14(17,18)12-3-5-21-6-4-12/h1-2,7H,3-6H2,(H2,11,19,20)/q-1. The largest absolute Gasteiger partial charge is 0.605 e. The van der Waals surface area contributed by atoms with Crippen molar-refractivity contribution in [2.45, 2.75) is 4.90 Å². The van der Waals surface area contributed by atoms with E-state index in [0.29, 0.717) is 17.6 Å². The van der Waals surface area contributed by atoms with E-state index in [9.17, 15) is 28.9 Å². The van der Waals surface area contributed by atoms with Crippen LogP contribution in [0.25, 0.3) is 0 Å². The quantitative estimate of drug-likeness (QED) is 0.468. The van der Waals surface area contributed by atoms with Crippen molar-refractivity contribution in [1.82, 2.24) is 9.93 Å². The van der Waals surface area contributed by atoms with E-state index in [4.69, 9.17) is 5.14 Å². The molecule has 0 spiro atoms. The third-order valence-electron chi connectivity index (χ3n) is 3.14. The number of benzene rings is 1. The molecule has 1 aliphatic heterocycles. The first-order valence-corrected chi connectivity index (χ1v) is 8.80. The Hall–Kier alpha value is -1.28. The number of hydrogen-bond donors (Lipinski definition) is 1. The predicted molar refractivity (Wildman–Crippen MR) is 81.9 cm³/mol. The molecule has 0 radical (unpaired) electrons. The van der Waals surface area contributed by atoms with Gasteiger partial charge in [0.05, 0.1) is 22.9 Å². The van der Waals surface area contributed by atoms with Crippen LogP contribution in [-0.4, -0.2) is 42.9 Å². The van der Waals surface area contributed by atoms with Crippen LogP contribution < -0.4 is 10.1 Å². The molecule has 0 bridgehead atoms. The second-order valence-corrected chi connectivity index (χ2v) is 7.33. The van der Waals surface area contributed by atoms with E-state index < -0.39 is 36.1 Å². The number of hydrogen-bond acceptors (Lipinski definition) is 8. The van der Waals surface area contributed by atoms with Crippen molar-refractivity contribution < 1.29 is 13.3 Å². The minimum Gasteiger partial charge on any atom is -0.605 e. The molecule has 0 aliphatic carbocycles. The Morgan fingerprint density at radius 2 is 1.86 bits per heavy atom. The summed E-state index contributed by atoms with van der Waals surface area (Å²) in [5.74, 6) is 1.13. The highest BCUT2D eigenvalue weighted by Gasteiger charge is 2.32. The zero-order chi connectivity index (χ0) is 16.5. The number of sulfonamides is 1. The lowest BCUT2D eigenvalue weighted by Crippen LogP contribution is -2.56. The molecule has 22 heavy (non-hydrogen) atoms. The Kier molecular flexibility index (Phi) is 4.72. The van der Waals surface area contributed by atoms with Gasteiger partial charge in [-0.3, -0.25) is 15.0 Å². The molecule has 12 heteroatoms. The number of nitro groups is 1. The maximum Gasteiger partial charge on any atom is 0.333 e. The van der Waals surface area contributed by atoms with Crippen LogP contribution in [0.3, 0.4) is 0 Å². The minimum atomic E-state index is -4.18. The van der Waals surface area contributed by atoms with E-state index >= 15 is 0 Å². The Bertz CT molecular complexity index is 687. The average Bonchev–Trinajstić information content (AvgIpc) is 2.46. The van der Waals surface area contributed by atoms with Gasteiger partial charge in [-0.15, -0.1) is 5.01 Å². The zero-order valence-electron chi connectivity index (χ0n) is 11.2. The molecule has 0 saturated carbocycles. The van der Waals surface area contributed by atoms with Crippen molar-refractivity contribution in [1.29, 1.82) is 0 Å². The molecule has 0 amide bonds. The maximum absolute atomic E-state index is 12.4. The highest BCUT2D eigenvalue weighted by molar-refractivity contribution is 7.99. The SMILES string of the molecule is NS(=O)(=O)c1ccc([N+]([O-])([O-])N2CCSCC2)c([N+](=O)[O-])c1. The molecule has 1 aromatic rings. The van der Waals surface area contributed by atoms with Gasteiger partial charge in [-0.25, -0.2) is 13.6 Å². The summed E-state index contributed by atoms with van der Waals surface area (Å²) in [6, 6.07) is 2.39. The van der Waals surface area contributed by atoms with Crippen molar-refractivity contribution in [3.05, 3.63) is 38.7 Å². The van der Waals surface area contributed by atoms with E-state index in [1.165, 1.54) is 0 Å².